The fourth-order valence-corrected chi connectivity index (χ4v) is 3.26. The van der Waals surface area contributed by atoms with Crippen LogP contribution in [0.3, 0.4) is 0 Å². The smallest absolute Gasteiger partial charge is 0.303 e. The van der Waals surface area contributed by atoms with Gasteiger partial charge in [-0.3, -0.25) is 4.79 Å². The molecule has 3 aromatic rings. The summed E-state index contributed by atoms with van der Waals surface area (Å²) in [6.45, 7) is 0. The van der Waals surface area contributed by atoms with Crippen LogP contribution < -0.4 is 0 Å². The maximum absolute atomic E-state index is 13.0. The molecule has 0 atom stereocenters. The summed E-state index contributed by atoms with van der Waals surface area (Å²) in [5.41, 5.74) is 2.57. The van der Waals surface area contributed by atoms with Crippen molar-refractivity contribution < 1.29 is 14.3 Å². The van der Waals surface area contributed by atoms with Crippen molar-refractivity contribution >= 4 is 39.2 Å². The highest BCUT2D eigenvalue weighted by Crippen LogP contribution is 2.30. The molecule has 0 fully saturated rings. The van der Waals surface area contributed by atoms with Gasteiger partial charge in [0.25, 0.3) is 0 Å². The molecule has 5 heteroatoms. The van der Waals surface area contributed by atoms with E-state index in [2.05, 4.69) is 4.98 Å². The van der Waals surface area contributed by atoms with Crippen LogP contribution >= 0.6 is 11.3 Å². The first-order valence-corrected chi connectivity index (χ1v) is 7.97. The van der Waals surface area contributed by atoms with Gasteiger partial charge in [0, 0.05) is 6.42 Å². The minimum absolute atomic E-state index is 0.0307. The van der Waals surface area contributed by atoms with E-state index in [-0.39, 0.29) is 12.2 Å². The molecular weight excluding hydrogens is 313 g/mol. The summed E-state index contributed by atoms with van der Waals surface area (Å²) in [6, 6.07) is 13.9. The van der Waals surface area contributed by atoms with Crippen molar-refractivity contribution in [1.82, 2.24) is 4.98 Å². The molecule has 0 spiro atoms. The van der Waals surface area contributed by atoms with E-state index < -0.39 is 5.97 Å². The number of nitrogens with zero attached hydrogens (tertiary/aromatic N) is 1. The number of carboxylic acid groups (broad SMARTS) is 1. The van der Waals surface area contributed by atoms with Crippen LogP contribution in [-0.4, -0.2) is 16.1 Å². The predicted octanol–water partition coefficient (Wildman–Crippen LogP) is 4.84. The van der Waals surface area contributed by atoms with Crippen LogP contribution in [0.1, 0.15) is 23.4 Å². The van der Waals surface area contributed by atoms with Crippen molar-refractivity contribution in [3.05, 3.63) is 64.9 Å². The molecule has 0 saturated carbocycles. The molecule has 1 aromatic heterocycles. The molecular formula is C18H14FNO2S. The first-order chi connectivity index (χ1) is 11.1. The first kappa shape index (κ1) is 15.4. The molecule has 1 N–H and O–H groups in total. The highest BCUT2D eigenvalue weighted by molar-refractivity contribution is 7.19. The normalized spacial score (nSPS) is 11.8. The molecule has 3 rings (SSSR count). The molecule has 0 bridgehead atoms. The Balaban J connectivity index is 2.00. The number of allylic oxidation sites excluding steroid dienone is 1. The average Bonchev–Trinajstić information content (AvgIpc) is 2.97. The largest absolute Gasteiger partial charge is 0.481 e. The topological polar surface area (TPSA) is 50.2 Å². The molecule has 3 nitrogen and oxygen atoms in total. The number of aliphatic carboxylic acids is 1. The molecule has 0 aliphatic rings. The van der Waals surface area contributed by atoms with E-state index in [1.165, 1.54) is 23.5 Å². The summed E-state index contributed by atoms with van der Waals surface area (Å²) in [7, 11) is 0. The van der Waals surface area contributed by atoms with Gasteiger partial charge in [-0.1, -0.05) is 24.3 Å². The van der Waals surface area contributed by atoms with Crippen molar-refractivity contribution in [3.8, 4) is 0 Å². The predicted molar refractivity (Wildman–Crippen MR) is 90.8 cm³/mol. The summed E-state index contributed by atoms with van der Waals surface area (Å²) in [6.07, 6.45) is 2.29. The van der Waals surface area contributed by atoms with Crippen molar-refractivity contribution in [3.63, 3.8) is 0 Å². The molecule has 0 unspecified atom stereocenters. The Morgan fingerprint density at radius 3 is 2.57 bits per heavy atom. The zero-order chi connectivity index (χ0) is 16.2. The van der Waals surface area contributed by atoms with Gasteiger partial charge in [0.05, 0.1) is 10.2 Å². The van der Waals surface area contributed by atoms with Crippen LogP contribution in [0.25, 0.3) is 21.9 Å². The minimum atomic E-state index is -0.851. The van der Waals surface area contributed by atoms with Crippen LogP contribution in [-0.2, 0) is 4.79 Å². The standard InChI is InChI=1S/C18H14FNO2S/c19-14-8-5-12(6-9-14)11-13(7-10-17(21)22)18-20-15-3-1-2-4-16(15)23-18/h1-6,8-9,11H,7,10H2,(H,21,22)/b13-11+. The number of rotatable bonds is 5. The summed E-state index contributed by atoms with van der Waals surface area (Å²) < 4.78 is 14.1. The third-order valence-corrected chi connectivity index (χ3v) is 4.50. The second-order valence-corrected chi connectivity index (χ2v) is 6.13. The number of carbonyl (C=O) groups is 1. The molecule has 23 heavy (non-hydrogen) atoms. The van der Waals surface area contributed by atoms with Crippen molar-refractivity contribution in [2.75, 3.05) is 0 Å². The molecule has 0 aliphatic carbocycles. The monoisotopic (exact) mass is 327 g/mol. The number of thiazole rings is 1. The van der Waals surface area contributed by atoms with Gasteiger partial charge in [0.15, 0.2) is 0 Å². The van der Waals surface area contributed by atoms with Crippen LogP contribution in [0.4, 0.5) is 4.39 Å². The minimum Gasteiger partial charge on any atom is -0.481 e. The Morgan fingerprint density at radius 1 is 1.13 bits per heavy atom. The Bertz CT molecular complexity index is 835. The third kappa shape index (κ3) is 3.81. The molecule has 1 heterocycles. The Labute approximate surface area is 136 Å². The lowest BCUT2D eigenvalue weighted by atomic mass is 10.1. The van der Waals surface area contributed by atoms with Gasteiger partial charge in [-0.2, -0.15) is 0 Å². The highest BCUT2D eigenvalue weighted by atomic mass is 32.1. The van der Waals surface area contributed by atoms with Gasteiger partial charge >= 0.3 is 5.97 Å². The van der Waals surface area contributed by atoms with Gasteiger partial charge in [-0.05, 0) is 47.9 Å². The number of para-hydroxylation sites is 1. The van der Waals surface area contributed by atoms with Crippen LogP contribution in [0, 0.1) is 5.82 Å². The van der Waals surface area contributed by atoms with Crippen LogP contribution in [0.15, 0.2) is 48.5 Å². The molecule has 0 radical (unpaired) electrons. The van der Waals surface area contributed by atoms with Crippen molar-refractivity contribution in [2.24, 2.45) is 0 Å². The van der Waals surface area contributed by atoms with Crippen molar-refractivity contribution in [1.29, 1.82) is 0 Å². The average molecular weight is 327 g/mol. The number of aromatic nitrogens is 1. The molecule has 0 saturated heterocycles. The van der Waals surface area contributed by atoms with E-state index >= 15 is 0 Å². The van der Waals surface area contributed by atoms with E-state index in [1.807, 2.05) is 30.3 Å². The SMILES string of the molecule is O=C(O)CC/C(=C\c1ccc(F)cc1)c1nc2ccccc2s1. The number of halogens is 1. The van der Waals surface area contributed by atoms with E-state index in [9.17, 15) is 9.18 Å². The zero-order valence-corrected chi connectivity index (χ0v) is 13.0. The van der Waals surface area contributed by atoms with Gasteiger partial charge in [-0.15, -0.1) is 11.3 Å². The maximum atomic E-state index is 13.0. The Morgan fingerprint density at radius 2 is 1.87 bits per heavy atom. The summed E-state index contributed by atoms with van der Waals surface area (Å²) in [4.78, 5) is 15.5. The van der Waals surface area contributed by atoms with Gasteiger partial charge < -0.3 is 5.11 Å². The van der Waals surface area contributed by atoms with Gasteiger partial charge in [0.1, 0.15) is 10.8 Å². The van der Waals surface area contributed by atoms with Crippen LogP contribution in [0.2, 0.25) is 0 Å². The second kappa shape index (κ2) is 6.71. The lowest BCUT2D eigenvalue weighted by Gasteiger charge is -2.03. The summed E-state index contributed by atoms with van der Waals surface area (Å²) >= 11 is 1.53. The van der Waals surface area contributed by atoms with Crippen molar-refractivity contribution in [2.45, 2.75) is 12.8 Å². The van der Waals surface area contributed by atoms with Crippen LogP contribution in [0.5, 0.6) is 0 Å². The van der Waals surface area contributed by atoms with Gasteiger partial charge in [-0.25, -0.2) is 9.37 Å². The lowest BCUT2D eigenvalue weighted by Crippen LogP contribution is -1.95. The number of hydrogen-bond donors (Lipinski definition) is 1. The lowest BCUT2D eigenvalue weighted by molar-refractivity contribution is -0.136. The fourth-order valence-electron chi connectivity index (χ4n) is 2.25. The number of carboxylic acids is 1. The Kier molecular flexibility index (Phi) is 4.48. The number of hydrogen-bond acceptors (Lipinski definition) is 3. The molecule has 0 amide bonds. The van der Waals surface area contributed by atoms with Gasteiger partial charge in [0.2, 0.25) is 0 Å². The van der Waals surface area contributed by atoms with E-state index in [0.29, 0.717) is 6.42 Å². The number of benzene rings is 2. The Hall–Kier alpha value is -2.53. The fraction of sp³-hybridized carbons (Fsp3) is 0.111. The number of fused-ring (bicyclic) bond motifs is 1. The van der Waals surface area contributed by atoms with E-state index in [0.717, 1.165) is 26.4 Å². The highest BCUT2D eigenvalue weighted by Gasteiger charge is 2.11. The zero-order valence-electron chi connectivity index (χ0n) is 12.2. The summed E-state index contributed by atoms with van der Waals surface area (Å²) in [5.74, 6) is -1.15. The third-order valence-electron chi connectivity index (χ3n) is 3.39. The van der Waals surface area contributed by atoms with E-state index in [4.69, 9.17) is 5.11 Å². The quantitative estimate of drug-likeness (QED) is 0.729. The molecule has 2 aromatic carbocycles. The maximum Gasteiger partial charge on any atom is 0.303 e. The first-order valence-electron chi connectivity index (χ1n) is 7.16. The second-order valence-electron chi connectivity index (χ2n) is 5.10. The molecule has 0 aliphatic heterocycles. The molecule has 116 valence electrons. The summed E-state index contributed by atoms with van der Waals surface area (Å²) in [5, 5.41) is 9.76. The van der Waals surface area contributed by atoms with E-state index in [1.54, 1.807) is 12.1 Å².